The van der Waals surface area contributed by atoms with Crippen molar-refractivity contribution in [2.45, 2.75) is 31.8 Å². The summed E-state index contributed by atoms with van der Waals surface area (Å²) in [6.07, 6.45) is 0.202. The lowest BCUT2D eigenvalue weighted by Crippen LogP contribution is -2.31. The van der Waals surface area contributed by atoms with Crippen LogP contribution >= 0.6 is 23.2 Å². The maximum Gasteiger partial charge on any atom is 0.338 e. The van der Waals surface area contributed by atoms with E-state index in [1.165, 1.54) is 35.6 Å². The highest BCUT2D eigenvalue weighted by Crippen LogP contribution is 2.26. The van der Waals surface area contributed by atoms with Crippen LogP contribution in [0.5, 0.6) is 0 Å². The van der Waals surface area contributed by atoms with Crippen LogP contribution in [0.1, 0.15) is 31.1 Å². The Morgan fingerprint density at radius 1 is 1.17 bits per heavy atom. The second kappa shape index (κ2) is 10.2. The smallest absolute Gasteiger partial charge is 0.338 e. The van der Waals surface area contributed by atoms with Crippen molar-refractivity contribution in [3.63, 3.8) is 0 Å². The molecule has 0 unspecified atom stereocenters. The van der Waals surface area contributed by atoms with Crippen molar-refractivity contribution in [3.05, 3.63) is 52.1 Å². The molecule has 2 rings (SSSR count). The molecule has 1 aromatic carbocycles. The Morgan fingerprint density at radius 3 is 2.40 bits per heavy atom. The lowest BCUT2D eigenvalue weighted by atomic mass is 10.2. The zero-order valence-corrected chi connectivity index (χ0v) is 18.9. The third-order valence-electron chi connectivity index (χ3n) is 4.12. The normalized spacial score (nSPS) is 12.5. The number of rotatable bonds is 8. The summed E-state index contributed by atoms with van der Waals surface area (Å²) in [4.78, 5) is 28.4. The second-order valence-electron chi connectivity index (χ2n) is 6.13. The van der Waals surface area contributed by atoms with Crippen molar-refractivity contribution in [2.24, 2.45) is 0 Å². The van der Waals surface area contributed by atoms with E-state index in [0.717, 1.165) is 6.07 Å². The Labute approximate surface area is 185 Å². The first kappa shape index (κ1) is 24.1. The maximum absolute atomic E-state index is 12.8. The summed E-state index contributed by atoms with van der Waals surface area (Å²) in [5.41, 5.74) is -0.0469. The summed E-state index contributed by atoms with van der Waals surface area (Å²) in [5, 5.41) is 2.88. The largest absolute Gasteiger partial charge is 0.449 e. The summed E-state index contributed by atoms with van der Waals surface area (Å²) >= 11 is 11.8. The van der Waals surface area contributed by atoms with Crippen LogP contribution in [0.3, 0.4) is 0 Å². The number of amides is 1. The van der Waals surface area contributed by atoms with Crippen LogP contribution in [-0.2, 0) is 19.6 Å². The molecule has 1 atom stereocenters. The summed E-state index contributed by atoms with van der Waals surface area (Å²) < 4.78 is 31.9. The number of nitrogens with zero attached hydrogens (tertiary/aromatic N) is 2. The number of carbonyl (C=O) groups is 2. The fourth-order valence-electron chi connectivity index (χ4n) is 2.49. The van der Waals surface area contributed by atoms with Crippen LogP contribution < -0.4 is 5.32 Å². The third kappa shape index (κ3) is 5.69. The Kier molecular flexibility index (Phi) is 8.19. The third-order valence-corrected chi connectivity index (χ3v) is 6.88. The van der Waals surface area contributed by atoms with Crippen LogP contribution in [0.2, 0.25) is 10.0 Å². The van der Waals surface area contributed by atoms with Crippen LogP contribution in [0, 0.1) is 0 Å². The van der Waals surface area contributed by atoms with Crippen molar-refractivity contribution in [3.8, 4) is 0 Å². The number of hydrogen-bond donors (Lipinski definition) is 1. The van der Waals surface area contributed by atoms with Crippen LogP contribution in [0.25, 0.3) is 0 Å². The lowest BCUT2D eigenvalue weighted by Gasteiger charge is -2.19. The van der Waals surface area contributed by atoms with Gasteiger partial charge in [0.05, 0.1) is 15.6 Å². The highest BCUT2D eigenvalue weighted by Gasteiger charge is 2.27. The Bertz CT molecular complexity index is 1020. The number of nitrogens with one attached hydrogen (secondary N) is 1. The molecule has 0 spiro atoms. The van der Waals surface area contributed by atoms with E-state index in [1.54, 1.807) is 19.9 Å². The number of benzene rings is 1. The minimum absolute atomic E-state index is 0.0157. The minimum atomic E-state index is -3.88. The average molecular weight is 474 g/mol. The molecule has 2 aromatic rings. The summed E-state index contributed by atoms with van der Waals surface area (Å²) in [5.74, 6) is -1.23. The van der Waals surface area contributed by atoms with Crippen molar-refractivity contribution < 1.29 is 22.7 Å². The standard InChI is InChI=1S/C19H21Cl2N3O5S/c1-4-24(5-2)30(27,28)16-10-13(6-8-15(16)21)19(26)29-12(3)18(25)23-17-9-7-14(20)11-22-17/h6-12H,4-5H2,1-3H3,(H,22,23,25)/t12-/m1/s1. The van der Waals surface area contributed by atoms with E-state index in [1.807, 2.05) is 0 Å². The fraction of sp³-hybridized carbons (Fsp3) is 0.316. The van der Waals surface area contributed by atoms with E-state index in [0.29, 0.717) is 5.02 Å². The molecule has 0 aliphatic heterocycles. The average Bonchev–Trinajstić information content (AvgIpc) is 2.70. The zero-order valence-electron chi connectivity index (χ0n) is 16.6. The highest BCUT2D eigenvalue weighted by atomic mass is 35.5. The number of pyridine rings is 1. The van der Waals surface area contributed by atoms with Gasteiger partial charge in [0.1, 0.15) is 10.7 Å². The summed E-state index contributed by atoms with van der Waals surface area (Å²) in [6.45, 7) is 5.28. The maximum atomic E-state index is 12.8. The molecular formula is C19H21Cl2N3O5S. The predicted octanol–water partition coefficient (Wildman–Crippen LogP) is 3.60. The number of hydrogen-bond acceptors (Lipinski definition) is 6. The molecule has 162 valence electrons. The Balaban J connectivity index is 2.16. The van der Waals surface area contributed by atoms with E-state index in [2.05, 4.69) is 10.3 Å². The van der Waals surface area contributed by atoms with E-state index < -0.39 is 28.0 Å². The van der Waals surface area contributed by atoms with Gasteiger partial charge >= 0.3 is 5.97 Å². The number of sulfonamides is 1. The first-order valence-electron chi connectivity index (χ1n) is 9.03. The molecule has 1 heterocycles. The van der Waals surface area contributed by atoms with Gasteiger partial charge < -0.3 is 10.1 Å². The molecule has 11 heteroatoms. The molecule has 0 bridgehead atoms. The van der Waals surface area contributed by atoms with Gasteiger partial charge in [-0.3, -0.25) is 4.79 Å². The minimum Gasteiger partial charge on any atom is -0.449 e. The zero-order chi connectivity index (χ0) is 22.5. The number of aromatic nitrogens is 1. The predicted molar refractivity (Wildman–Crippen MR) is 114 cm³/mol. The molecule has 0 saturated heterocycles. The Hall–Kier alpha value is -2.20. The molecule has 0 aliphatic carbocycles. The highest BCUT2D eigenvalue weighted by molar-refractivity contribution is 7.89. The first-order chi connectivity index (χ1) is 14.1. The molecule has 0 aliphatic rings. The Morgan fingerprint density at radius 2 is 1.83 bits per heavy atom. The van der Waals surface area contributed by atoms with Crippen molar-refractivity contribution in [2.75, 3.05) is 18.4 Å². The fourth-order valence-corrected chi connectivity index (χ4v) is 4.56. The van der Waals surface area contributed by atoms with Gasteiger partial charge in [0.2, 0.25) is 10.0 Å². The van der Waals surface area contributed by atoms with Crippen LogP contribution in [0.4, 0.5) is 5.82 Å². The van der Waals surface area contributed by atoms with Gasteiger partial charge in [-0.15, -0.1) is 0 Å². The molecule has 0 radical (unpaired) electrons. The number of halogens is 2. The lowest BCUT2D eigenvalue weighted by molar-refractivity contribution is -0.123. The molecular weight excluding hydrogens is 453 g/mol. The van der Waals surface area contributed by atoms with Gasteiger partial charge in [-0.05, 0) is 37.3 Å². The van der Waals surface area contributed by atoms with Crippen molar-refractivity contribution in [1.82, 2.24) is 9.29 Å². The topological polar surface area (TPSA) is 106 Å². The monoisotopic (exact) mass is 473 g/mol. The number of ether oxygens (including phenoxy) is 1. The van der Waals surface area contributed by atoms with Gasteiger partial charge in [-0.1, -0.05) is 37.0 Å². The van der Waals surface area contributed by atoms with Gasteiger partial charge in [-0.2, -0.15) is 4.31 Å². The number of anilines is 1. The van der Waals surface area contributed by atoms with E-state index in [-0.39, 0.29) is 34.4 Å². The van der Waals surface area contributed by atoms with Gasteiger partial charge in [0.15, 0.2) is 6.10 Å². The van der Waals surface area contributed by atoms with Crippen molar-refractivity contribution in [1.29, 1.82) is 0 Å². The summed E-state index contributed by atoms with van der Waals surface area (Å²) in [6, 6.07) is 6.82. The molecule has 0 fully saturated rings. The van der Waals surface area contributed by atoms with Crippen LogP contribution in [0.15, 0.2) is 41.4 Å². The van der Waals surface area contributed by atoms with E-state index in [9.17, 15) is 18.0 Å². The van der Waals surface area contributed by atoms with E-state index >= 15 is 0 Å². The molecule has 1 amide bonds. The number of carbonyl (C=O) groups excluding carboxylic acids is 2. The second-order valence-corrected chi connectivity index (χ2v) is 8.88. The van der Waals surface area contributed by atoms with E-state index in [4.69, 9.17) is 27.9 Å². The molecule has 1 N–H and O–H groups in total. The van der Waals surface area contributed by atoms with Crippen LogP contribution in [-0.4, -0.2) is 48.8 Å². The number of esters is 1. The quantitative estimate of drug-likeness (QED) is 0.586. The van der Waals surface area contributed by atoms with Gasteiger partial charge in [0.25, 0.3) is 5.91 Å². The molecule has 1 aromatic heterocycles. The molecule has 30 heavy (non-hydrogen) atoms. The molecule has 0 saturated carbocycles. The van der Waals surface area contributed by atoms with Gasteiger partial charge in [0, 0.05) is 19.3 Å². The van der Waals surface area contributed by atoms with Gasteiger partial charge in [-0.25, -0.2) is 18.2 Å². The first-order valence-corrected chi connectivity index (χ1v) is 11.2. The molecule has 8 nitrogen and oxygen atoms in total. The summed E-state index contributed by atoms with van der Waals surface area (Å²) in [7, 11) is -3.88. The SMILES string of the molecule is CCN(CC)S(=O)(=O)c1cc(C(=O)O[C@H](C)C(=O)Nc2ccc(Cl)cn2)ccc1Cl. The van der Waals surface area contributed by atoms with Crippen molar-refractivity contribution >= 4 is 50.9 Å².